The van der Waals surface area contributed by atoms with Crippen molar-refractivity contribution < 1.29 is 19.6 Å². The fraction of sp³-hybridized carbons (Fsp3) is 0.571. The molecule has 3 N–H and O–H groups in total. The average molecular weight is 252 g/mol. The van der Waals surface area contributed by atoms with Gasteiger partial charge in [0.05, 0.1) is 7.05 Å². The second-order valence-corrected chi connectivity index (χ2v) is 5.19. The number of rotatable bonds is 5. The molecule has 2 rings (SSSR count). The Hall–Kier alpha value is -1.10. The normalized spacial score (nSPS) is 25.7. The Bertz CT molecular complexity index is 337. The van der Waals surface area contributed by atoms with E-state index >= 15 is 0 Å². The minimum Gasteiger partial charge on any atom is -0.491 e. The molecule has 1 aliphatic rings. The average Bonchev–Trinajstić information content (AvgIpc) is 2.40. The molecule has 0 amide bonds. The van der Waals surface area contributed by atoms with Crippen LogP contribution in [-0.2, 0) is 0 Å². The number of quaternary nitrogens is 2. The fourth-order valence-corrected chi connectivity index (χ4v) is 2.34. The monoisotopic (exact) mass is 252 g/mol. The van der Waals surface area contributed by atoms with Crippen molar-refractivity contribution in [3.8, 4) is 5.75 Å². The van der Waals surface area contributed by atoms with Crippen molar-refractivity contribution in [3.05, 3.63) is 30.3 Å². The number of piperazine rings is 1. The van der Waals surface area contributed by atoms with E-state index in [4.69, 9.17) is 4.74 Å². The topological polar surface area (TPSA) is 38.3 Å². The molecule has 0 bridgehead atoms. The van der Waals surface area contributed by atoms with Crippen molar-refractivity contribution in [2.45, 2.75) is 6.10 Å². The zero-order valence-electron chi connectivity index (χ0n) is 11.1. The molecule has 1 aromatic carbocycles. The lowest BCUT2D eigenvalue weighted by Crippen LogP contribution is -3.27. The lowest BCUT2D eigenvalue weighted by molar-refractivity contribution is -1.00. The quantitative estimate of drug-likeness (QED) is 0.558. The molecule has 1 saturated heterocycles. The molecule has 1 aromatic rings. The highest BCUT2D eigenvalue weighted by Gasteiger charge is 2.22. The molecule has 100 valence electrons. The van der Waals surface area contributed by atoms with Gasteiger partial charge in [0.25, 0.3) is 0 Å². The van der Waals surface area contributed by atoms with Crippen LogP contribution in [0.3, 0.4) is 0 Å². The Morgan fingerprint density at radius 3 is 2.50 bits per heavy atom. The molecular weight excluding hydrogens is 228 g/mol. The Labute approximate surface area is 109 Å². The maximum absolute atomic E-state index is 9.98. The number of hydrogen-bond acceptors (Lipinski definition) is 2. The number of ether oxygens (including phenoxy) is 1. The van der Waals surface area contributed by atoms with E-state index in [2.05, 4.69) is 7.05 Å². The second kappa shape index (κ2) is 6.73. The summed E-state index contributed by atoms with van der Waals surface area (Å²) in [6.45, 7) is 5.86. The summed E-state index contributed by atoms with van der Waals surface area (Å²) in [6.07, 6.45) is -0.376. The van der Waals surface area contributed by atoms with E-state index in [9.17, 15) is 5.11 Å². The molecule has 1 aliphatic heterocycles. The summed E-state index contributed by atoms with van der Waals surface area (Å²) in [6, 6.07) is 9.67. The summed E-state index contributed by atoms with van der Waals surface area (Å²) >= 11 is 0. The maximum atomic E-state index is 9.98. The first-order valence-corrected chi connectivity index (χ1v) is 6.75. The summed E-state index contributed by atoms with van der Waals surface area (Å²) in [5.74, 6) is 0.828. The van der Waals surface area contributed by atoms with E-state index in [1.807, 2.05) is 30.3 Å². The highest BCUT2D eigenvalue weighted by Crippen LogP contribution is 2.08. The molecule has 1 atom stereocenters. The zero-order valence-corrected chi connectivity index (χ0v) is 11.1. The second-order valence-electron chi connectivity index (χ2n) is 5.19. The predicted molar refractivity (Wildman–Crippen MR) is 70.1 cm³/mol. The summed E-state index contributed by atoms with van der Waals surface area (Å²) < 4.78 is 5.56. The van der Waals surface area contributed by atoms with Crippen LogP contribution in [0.25, 0.3) is 0 Å². The molecule has 0 saturated carbocycles. The third-order valence-corrected chi connectivity index (χ3v) is 3.52. The highest BCUT2D eigenvalue weighted by atomic mass is 16.5. The van der Waals surface area contributed by atoms with Crippen LogP contribution < -0.4 is 14.5 Å². The van der Waals surface area contributed by atoms with Crippen LogP contribution in [-0.4, -0.2) is 57.6 Å². The number of aliphatic hydroxyl groups excluding tert-OH is 1. The van der Waals surface area contributed by atoms with Crippen LogP contribution in [0.2, 0.25) is 0 Å². The number of aliphatic hydroxyl groups is 1. The number of benzene rings is 1. The lowest BCUT2D eigenvalue weighted by Gasteiger charge is -2.28. The number of likely N-dealkylation sites (N-methyl/N-ethyl adjacent to an activating group) is 1. The lowest BCUT2D eigenvalue weighted by atomic mass is 10.3. The van der Waals surface area contributed by atoms with Crippen LogP contribution in [0.4, 0.5) is 0 Å². The van der Waals surface area contributed by atoms with Crippen molar-refractivity contribution in [1.29, 1.82) is 0 Å². The van der Waals surface area contributed by atoms with Crippen molar-refractivity contribution in [2.75, 3.05) is 46.4 Å². The first-order valence-electron chi connectivity index (χ1n) is 6.75. The van der Waals surface area contributed by atoms with Crippen LogP contribution >= 0.6 is 0 Å². The molecule has 0 radical (unpaired) electrons. The molecule has 0 spiro atoms. The van der Waals surface area contributed by atoms with Crippen LogP contribution in [0.5, 0.6) is 5.75 Å². The Kier molecular flexibility index (Phi) is 4.99. The van der Waals surface area contributed by atoms with Gasteiger partial charge in [0.15, 0.2) is 0 Å². The van der Waals surface area contributed by atoms with Gasteiger partial charge in [-0.25, -0.2) is 0 Å². The summed E-state index contributed by atoms with van der Waals surface area (Å²) in [5.41, 5.74) is 0. The Morgan fingerprint density at radius 2 is 1.83 bits per heavy atom. The van der Waals surface area contributed by atoms with E-state index in [0.29, 0.717) is 6.61 Å². The minimum atomic E-state index is -0.376. The number of para-hydroxylation sites is 1. The predicted octanol–water partition coefficient (Wildman–Crippen LogP) is -2.16. The molecule has 4 nitrogen and oxygen atoms in total. The highest BCUT2D eigenvalue weighted by molar-refractivity contribution is 5.20. The molecule has 4 heteroatoms. The first kappa shape index (κ1) is 13.3. The molecule has 0 aliphatic carbocycles. The molecule has 18 heavy (non-hydrogen) atoms. The van der Waals surface area contributed by atoms with Gasteiger partial charge in [-0.1, -0.05) is 18.2 Å². The van der Waals surface area contributed by atoms with Crippen molar-refractivity contribution in [1.82, 2.24) is 0 Å². The molecular formula is C14H24N2O2+2. The standard InChI is InChI=1S/C14H22N2O2/c1-15-7-9-16(10-8-15)11-13(17)12-18-14-5-3-2-4-6-14/h2-6,13,17H,7-12H2,1H3/p+2/t13-/m1/s1. The third-order valence-electron chi connectivity index (χ3n) is 3.52. The van der Waals surface area contributed by atoms with Gasteiger partial charge < -0.3 is 19.6 Å². The maximum Gasteiger partial charge on any atom is 0.137 e. The summed E-state index contributed by atoms with van der Waals surface area (Å²) in [7, 11) is 2.23. The third kappa shape index (κ3) is 4.29. The minimum absolute atomic E-state index is 0.376. The van der Waals surface area contributed by atoms with Gasteiger partial charge in [-0.15, -0.1) is 0 Å². The van der Waals surface area contributed by atoms with E-state index in [-0.39, 0.29) is 6.10 Å². The largest absolute Gasteiger partial charge is 0.491 e. The van der Waals surface area contributed by atoms with Crippen molar-refractivity contribution in [3.63, 3.8) is 0 Å². The van der Waals surface area contributed by atoms with Crippen molar-refractivity contribution >= 4 is 0 Å². The summed E-state index contributed by atoms with van der Waals surface area (Å²) in [5, 5.41) is 9.98. The zero-order chi connectivity index (χ0) is 12.8. The Balaban J connectivity index is 1.67. The molecule has 1 heterocycles. The first-order chi connectivity index (χ1) is 8.74. The van der Waals surface area contributed by atoms with Crippen LogP contribution in [0, 0.1) is 0 Å². The summed E-state index contributed by atoms with van der Waals surface area (Å²) in [4.78, 5) is 3.08. The number of nitrogens with one attached hydrogen (secondary N) is 2. The van der Waals surface area contributed by atoms with E-state index in [1.54, 1.807) is 4.90 Å². The SMILES string of the molecule is C[NH+]1CC[NH+](C[C@@H](O)COc2ccccc2)CC1. The van der Waals surface area contributed by atoms with Gasteiger partial charge in [-0.2, -0.15) is 0 Å². The van der Waals surface area contributed by atoms with Gasteiger partial charge in [0, 0.05) is 0 Å². The van der Waals surface area contributed by atoms with E-state index in [1.165, 1.54) is 18.0 Å². The van der Waals surface area contributed by atoms with Gasteiger partial charge >= 0.3 is 0 Å². The molecule has 1 fully saturated rings. The van der Waals surface area contributed by atoms with E-state index in [0.717, 1.165) is 25.4 Å². The Morgan fingerprint density at radius 1 is 1.17 bits per heavy atom. The van der Waals surface area contributed by atoms with Crippen LogP contribution in [0.15, 0.2) is 30.3 Å². The molecule has 0 unspecified atom stereocenters. The van der Waals surface area contributed by atoms with Gasteiger partial charge in [0.1, 0.15) is 51.2 Å². The van der Waals surface area contributed by atoms with Crippen LogP contribution in [0.1, 0.15) is 0 Å². The van der Waals surface area contributed by atoms with Crippen molar-refractivity contribution in [2.24, 2.45) is 0 Å². The smallest absolute Gasteiger partial charge is 0.137 e. The molecule has 0 aromatic heterocycles. The van der Waals surface area contributed by atoms with Gasteiger partial charge in [-0.05, 0) is 12.1 Å². The van der Waals surface area contributed by atoms with Gasteiger partial charge in [0.2, 0.25) is 0 Å². The fourth-order valence-electron chi connectivity index (χ4n) is 2.34. The van der Waals surface area contributed by atoms with Gasteiger partial charge in [-0.3, -0.25) is 0 Å². The number of hydrogen-bond donors (Lipinski definition) is 3. The van der Waals surface area contributed by atoms with E-state index < -0.39 is 0 Å².